The van der Waals surface area contributed by atoms with Crippen molar-refractivity contribution in [3.63, 3.8) is 0 Å². The van der Waals surface area contributed by atoms with Crippen LogP contribution in [0.5, 0.6) is 0 Å². The van der Waals surface area contributed by atoms with E-state index in [4.69, 9.17) is 0 Å². The van der Waals surface area contributed by atoms with Crippen LogP contribution in [-0.4, -0.2) is 42.2 Å². The molecule has 0 saturated carbocycles. The molecule has 1 fully saturated rings. The van der Waals surface area contributed by atoms with Gasteiger partial charge in [-0.2, -0.15) is 4.98 Å². The Balaban J connectivity index is 1.47. The molecule has 1 saturated heterocycles. The molecular formula is C21H30N6O. The van der Waals surface area contributed by atoms with Crippen LogP contribution in [0.1, 0.15) is 36.1 Å². The van der Waals surface area contributed by atoms with Crippen molar-refractivity contribution in [2.45, 2.75) is 40.0 Å². The number of aryl methyl sites for hydroxylation is 2. The number of nitrogens with zero attached hydrogens (tertiary/aromatic N) is 3. The van der Waals surface area contributed by atoms with Crippen molar-refractivity contribution in [1.29, 1.82) is 0 Å². The smallest absolute Gasteiger partial charge is 0.319 e. The van der Waals surface area contributed by atoms with E-state index in [0.29, 0.717) is 19.0 Å². The lowest BCUT2D eigenvalue weighted by Gasteiger charge is -2.28. The predicted octanol–water partition coefficient (Wildman–Crippen LogP) is 3.63. The first-order valence-electron chi connectivity index (χ1n) is 9.98. The molecule has 150 valence electrons. The first kappa shape index (κ1) is 19.9. The fourth-order valence-electron chi connectivity index (χ4n) is 3.32. The van der Waals surface area contributed by atoms with Gasteiger partial charge in [0.2, 0.25) is 5.95 Å². The number of anilines is 3. The Morgan fingerprint density at radius 3 is 2.64 bits per heavy atom. The number of amides is 2. The molecule has 0 atom stereocenters. The molecule has 7 nitrogen and oxygen atoms in total. The van der Waals surface area contributed by atoms with Gasteiger partial charge in [0.15, 0.2) is 0 Å². The number of urea groups is 1. The Morgan fingerprint density at radius 2 is 1.86 bits per heavy atom. The second kappa shape index (κ2) is 9.39. The van der Waals surface area contributed by atoms with E-state index in [9.17, 15) is 4.79 Å². The molecule has 0 bridgehead atoms. The maximum atomic E-state index is 12.1. The highest BCUT2D eigenvalue weighted by molar-refractivity contribution is 5.90. The van der Waals surface area contributed by atoms with E-state index in [1.165, 1.54) is 19.3 Å². The van der Waals surface area contributed by atoms with Crippen LogP contribution >= 0.6 is 0 Å². The zero-order valence-corrected chi connectivity index (χ0v) is 17.0. The first-order valence-corrected chi connectivity index (χ1v) is 9.98. The summed E-state index contributed by atoms with van der Waals surface area (Å²) in [6.45, 7) is 9.15. The molecule has 1 aromatic carbocycles. The number of piperidine rings is 1. The molecule has 3 rings (SSSR count). The van der Waals surface area contributed by atoms with Crippen LogP contribution in [0.3, 0.4) is 0 Å². The highest BCUT2D eigenvalue weighted by Crippen LogP contribution is 2.20. The van der Waals surface area contributed by atoms with Crippen molar-refractivity contribution in [2.75, 3.05) is 41.7 Å². The monoisotopic (exact) mass is 382 g/mol. The molecule has 2 heterocycles. The molecule has 1 aromatic heterocycles. The van der Waals surface area contributed by atoms with Crippen LogP contribution in [0.15, 0.2) is 24.3 Å². The van der Waals surface area contributed by atoms with Gasteiger partial charge in [-0.1, -0.05) is 12.1 Å². The van der Waals surface area contributed by atoms with Crippen molar-refractivity contribution < 1.29 is 4.79 Å². The fourth-order valence-corrected chi connectivity index (χ4v) is 3.32. The maximum Gasteiger partial charge on any atom is 0.319 e. The molecule has 3 N–H and O–H groups in total. The molecule has 0 radical (unpaired) electrons. The molecule has 7 heteroatoms. The fraction of sp³-hybridized carbons (Fsp3) is 0.476. The summed E-state index contributed by atoms with van der Waals surface area (Å²) < 4.78 is 0. The van der Waals surface area contributed by atoms with E-state index in [1.54, 1.807) is 0 Å². The number of rotatable bonds is 6. The Morgan fingerprint density at radius 1 is 1.07 bits per heavy atom. The normalized spacial score (nSPS) is 13.9. The lowest BCUT2D eigenvalue weighted by atomic mass is 10.1. The van der Waals surface area contributed by atoms with Crippen molar-refractivity contribution >= 4 is 23.5 Å². The van der Waals surface area contributed by atoms with E-state index in [1.807, 2.05) is 45.0 Å². The average molecular weight is 383 g/mol. The second-order valence-electron chi connectivity index (χ2n) is 7.29. The summed E-state index contributed by atoms with van der Waals surface area (Å²) in [6.07, 6.45) is 3.72. The van der Waals surface area contributed by atoms with Crippen LogP contribution in [0.4, 0.5) is 22.2 Å². The number of hydrogen-bond donors (Lipinski definition) is 3. The van der Waals surface area contributed by atoms with Gasteiger partial charge in [0, 0.05) is 43.6 Å². The summed E-state index contributed by atoms with van der Waals surface area (Å²) in [5.74, 6) is 1.59. The van der Waals surface area contributed by atoms with Gasteiger partial charge in [-0.3, -0.25) is 0 Å². The number of nitrogens with one attached hydrogen (secondary N) is 3. The van der Waals surface area contributed by atoms with Crippen molar-refractivity contribution in [3.05, 3.63) is 41.1 Å². The predicted molar refractivity (Wildman–Crippen MR) is 114 cm³/mol. The Kier molecular flexibility index (Phi) is 6.68. The zero-order chi connectivity index (χ0) is 19.9. The number of benzene rings is 1. The molecule has 0 aliphatic carbocycles. The summed E-state index contributed by atoms with van der Waals surface area (Å²) in [6, 6.07) is 7.70. The van der Waals surface area contributed by atoms with Crippen LogP contribution in [-0.2, 0) is 0 Å². The standard InChI is InChI=1S/C21H30N6O/c1-15-8-7-9-18(17(15)3)25-21(28)23-11-10-22-20-24-16(2)14-19(26-20)27-12-5-4-6-13-27/h7-9,14H,4-6,10-13H2,1-3H3,(H,22,24,26)(H2,23,25,28). The third kappa shape index (κ3) is 5.34. The minimum Gasteiger partial charge on any atom is -0.356 e. The van der Waals surface area contributed by atoms with Crippen LogP contribution < -0.4 is 20.9 Å². The van der Waals surface area contributed by atoms with Crippen molar-refractivity contribution in [1.82, 2.24) is 15.3 Å². The van der Waals surface area contributed by atoms with Crippen molar-refractivity contribution in [2.24, 2.45) is 0 Å². The summed E-state index contributed by atoms with van der Waals surface area (Å²) in [7, 11) is 0. The molecule has 0 spiro atoms. The summed E-state index contributed by atoms with van der Waals surface area (Å²) in [4.78, 5) is 23.5. The van der Waals surface area contributed by atoms with E-state index in [0.717, 1.165) is 41.4 Å². The van der Waals surface area contributed by atoms with Gasteiger partial charge in [0.25, 0.3) is 0 Å². The van der Waals surface area contributed by atoms with E-state index < -0.39 is 0 Å². The van der Waals surface area contributed by atoms with Gasteiger partial charge in [-0.15, -0.1) is 0 Å². The summed E-state index contributed by atoms with van der Waals surface area (Å²) in [5, 5.41) is 8.97. The summed E-state index contributed by atoms with van der Waals surface area (Å²) >= 11 is 0. The highest BCUT2D eigenvalue weighted by Gasteiger charge is 2.13. The Labute approximate surface area is 167 Å². The third-order valence-electron chi connectivity index (χ3n) is 5.07. The van der Waals surface area contributed by atoms with Gasteiger partial charge in [-0.25, -0.2) is 9.78 Å². The maximum absolute atomic E-state index is 12.1. The number of aromatic nitrogens is 2. The highest BCUT2D eigenvalue weighted by atomic mass is 16.2. The van der Waals surface area contributed by atoms with Gasteiger partial charge < -0.3 is 20.9 Å². The molecule has 2 amide bonds. The molecule has 1 aliphatic rings. The molecular weight excluding hydrogens is 352 g/mol. The Bertz CT molecular complexity index is 817. The Hall–Kier alpha value is -2.83. The first-order chi connectivity index (χ1) is 13.5. The minimum atomic E-state index is -0.213. The lowest BCUT2D eigenvalue weighted by Crippen LogP contribution is -2.33. The van der Waals surface area contributed by atoms with E-state index >= 15 is 0 Å². The largest absolute Gasteiger partial charge is 0.356 e. The minimum absolute atomic E-state index is 0.213. The lowest BCUT2D eigenvalue weighted by molar-refractivity contribution is 0.252. The van der Waals surface area contributed by atoms with Crippen molar-refractivity contribution in [3.8, 4) is 0 Å². The van der Waals surface area contributed by atoms with Crippen LogP contribution in [0.25, 0.3) is 0 Å². The molecule has 1 aliphatic heterocycles. The van der Waals surface area contributed by atoms with Gasteiger partial charge >= 0.3 is 6.03 Å². The van der Waals surface area contributed by atoms with Gasteiger partial charge in [-0.05, 0) is 57.2 Å². The zero-order valence-electron chi connectivity index (χ0n) is 17.0. The number of carbonyl (C=O) groups is 1. The SMILES string of the molecule is Cc1cc(N2CCCCC2)nc(NCCNC(=O)Nc2cccc(C)c2C)n1. The molecule has 28 heavy (non-hydrogen) atoms. The molecule has 2 aromatic rings. The quantitative estimate of drug-likeness (QED) is 0.665. The third-order valence-corrected chi connectivity index (χ3v) is 5.07. The van der Waals surface area contributed by atoms with Crippen LogP contribution in [0, 0.1) is 20.8 Å². The number of hydrogen-bond acceptors (Lipinski definition) is 5. The average Bonchev–Trinajstić information content (AvgIpc) is 2.69. The summed E-state index contributed by atoms with van der Waals surface area (Å²) in [5.41, 5.74) is 4.01. The van der Waals surface area contributed by atoms with Gasteiger partial charge in [0.1, 0.15) is 5.82 Å². The number of carbonyl (C=O) groups excluding carboxylic acids is 1. The van der Waals surface area contributed by atoms with Crippen LogP contribution in [0.2, 0.25) is 0 Å². The molecule has 0 unspecified atom stereocenters. The van der Waals surface area contributed by atoms with E-state index in [2.05, 4.69) is 30.8 Å². The second-order valence-corrected chi connectivity index (χ2v) is 7.29. The topological polar surface area (TPSA) is 82.2 Å². The van der Waals surface area contributed by atoms with Gasteiger partial charge in [0.05, 0.1) is 0 Å². The van der Waals surface area contributed by atoms with E-state index in [-0.39, 0.29) is 6.03 Å².